The fourth-order valence-corrected chi connectivity index (χ4v) is 2.17. The molecular weight excluding hydrogens is 361 g/mol. The Labute approximate surface area is 156 Å². The molecule has 0 aromatic heterocycles. The van der Waals surface area contributed by atoms with E-state index in [0.29, 0.717) is 16.5 Å². The summed E-state index contributed by atoms with van der Waals surface area (Å²) in [6.45, 7) is 4.44. The third kappa shape index (κ3) is 5.20. The Hall–Kier alpha value is -2.60. The number of rotatable bonds is 6. The molecule has 0 aliphatic rings. The van der Waals surface area contributed by atoms with Crippen molar-refractivity contribution in [3.63, 3.8) is 0 Å². The van der Waals surface area contributed by atoms with E-state index in [9.17, 15) is 14.0 Å². The largest absolute Gasteiger partial charge is 0.476 e. The maximum atomic E-state index is 12.9. The summed E-state index contributed by atoms with van der Waals surface area (Å²) < 4.78 is 23.7. The molecule has 1 amide bonds. The smallest absolute Gasteiger partial charge is 0.350 e. The normalized spacial score (nSPS) is 12.2. The Morgan fingerprint density at radius 1 is 1.12 bits per heavy atom. The van der Waals surface area contributed by atoms with Gasteiger partial charge in [-0.2, -0.15) is 0 Å². The van der Waals surface area contributed by atoms with Gasteiger partial charge in [0.25, 0.3) is 5.91 Å². The first-order valence-electron chi connectivity index (χ1n) is 7.90. The topological polar surface area (TPSA) is 64.6 Å². The van der Waals surface area contributed by atoms with Gasteiger partial charge in [0.1, 0.15) is 11.6 Å². The number of hydrogen-bond acceptors (Lipinski definition) is 4. The minimum absolute atomic E-state index is 0.307. The van der Waals surface area contributed by atoms with Crippen LogP contribution in [0.5, 0.6) is 5.75 Å². The van der Waals surface area contributed by atoms with E-state index in [2.05, 4.69) is 5.32 Å². The third-order valence-electron chi connectivity index (χ3n) is 3.46. The number of nitrogens with one attached hydrogen (secondary N) is 1. The molecule has 2 aromatic carbocycles. The van der Waals surface area contributed by atoms with Gasteiger partial charge in [-0.15, -0.1) is 0 Å². The highest BCUT2D eigenvalue weighted by atomic mass is 35.5. The zero-order chi connectivity index (χ0) is 19.3. The van der Waals surface area contributed by atoms with Crippen LogP contribution in [0, 0.1) is 5.82 Å². The molecule has 0 unspecified atom stereocenters. The van der Waals surface area contributed by atoms with Crippen molar-refractivity contribution in [2.75, 3.05) is 5.32 Å². The lowest BCUT2D eigenvalue weighted by Crippen LogP contribution is -2.43. The number of carbonyl (C=O) groups excluding carboxylic acids is 2. The molecule has 5 nitrogen and oxygen atoms in total. The zero-order valence-corrected chi connectivity index (χ0v) is 15.3. The number of amides is 1. The molecule has 0 radical (unpaired) electrons. The van der Waals surface area contributed by atoms with Gasteiger partial charge in [0, 0.05) is 0 Å². The molecule has 0 fully saturated rings. The molecular formula is C19H19ClFNO4. The first-order chi connectivity index (χ1) is 12.2. The fraction of sp³-hybridized carbons (Fsp3) is 0.263. The van der Waals surface area contributed by atoms with Gasteiger partial charge in [-0.25, -0.2) is 9.18 Å². The van der Waals surface area contributed by atoms with Crippen molar-refractivity contribution in [3.05, 3.63) is 59.4 Å². The second-order valence-corrected chi connectivity index (χ2v) is 6.49. The molecule has 0 bridgehead atoms. The number of para-hydroxylation sites is 1. The Morgan fingerprint density at radius 3 is 2.35 bits per heavy atom. The number of ether oxygens (including phenoxy) is 2. The van der Waals surface area contributed by atoms with E-state index >= 15 is 0 Å². The van der Waals surface area contributed by atoms with Crippen LogP contribution in [0.15, 0.2) is 48.5 Å². The average molecular weight is 380 g/mol. The summed E-state index contributed by atoms with van der Waals surface area (Å²) in [4.78, 5) is 24.5. The van der Waals surface area contributed by atoms with Crippen molar-refractivity contribution in [1.82, 2.24) is 0 Å². The van der Waals surface area contributed by atoms with Crippen LogP contribution < -0.4 is 10.1 Å². The molecule has 2 rings (SSSR count). The second-order valence-electron chi connectivity index (χ2n) is 6.08. The van der Waals surface area contributed by atoms with Crippen molar-refractivity contribution in [1.29, 1.82) is 0 Å². The van der Waals surface area contributed by atoms with Crippen molar-refractivity contribution in [2.24, 2.45) is 0 Å². The molecule has 0 spiro atoms. The van der Waals surface area contributed by atoms with Gasteiger partial charge in [0.15, 0.2) is 11.7 Å². The van der Waals surface area contributed by atoms with Gasteiger partial charge >= 0.3 is 5.97 Å². The lowest BCUT2D eigenvalue weighted by atomic mass is 10.1. The maximum Gasteiger partial charge on any atom is 0.350 e. The fourth-order valence-electron chi connectivity index (χ4n) is 1.99. The zero-order valence-electron chi connectivity index (χ0n) is 14.6. The lowest BCUT2D eigenvalue weighted by Gasteiger charge is -2.26. The van der Waals surface area contributed by atoms with Crippen LogP contribution in [0.4, 0.5) is 10.1 Å². The minimum Gasteiger partial charge on any atom is -0.476 e. The minimum atomic E-state index is -1.36. The van der Waals surface area contributed by atoms with Crippen LogP contribution in [-0.2, 0) is 14.3 Å². The predicted molar refractivity (Wildman–Crippen MR) is 96.7 cm³/mol. The SMILES string of the molecule is C[C@@H](OC(=O)C(C)(C)Oc1ccc(F)cc1)C(=O)Nc1ccccc1Cl. The summed E-state index contributed by atoms with van der Waals surface area (Å²) in [7, 11) is 0. The molecule has 0 aliphatic heterocycles. The number of hydrogen-bond donors (Lipinski definition) is 1. The van der Waals surface area contributed by atoms with Gasteiger partial charge in [-0.1, -0.05) is 23.7 Å². The van der Waals surface area contributed by atoms with E-state index < -0.39 is 29.4 Å². The van der Waals surface area contributed by atoms with E-state index in [1.54, 1.807) is 24.3 Å². The van der Waals surface area contributed by atoms with Gasteiger partial charge in [0.2, 0.25) is 0 Å². The number of anilines is 1. The third-order valence-corrected chi connectivity index (χ3v) is 3.79. The average Bonchev–Trinajstić information content (AvgIpc) is 2.58. The summed E-state index contributed by atoms with van der Waals surface area (Å²) in [5.74, 6) is -1.36. The highest BCUT2D eigenvalue weighted by Gasteiger charge is 2.34. The Kier molecular flexibility index (Phi) is 6.21. The number of carbonyl (C=O) groups is 2. The monoisotopic (exact) mass is 379 g/mol. The highest BCUT2D eigenvalue weighted by Crippen LogP contribution is 2.22. The van der Waals surface area contributed by atoms with E-state index in [1.807, 2.05) is 0 Å². The van der Waals surface area contributed by atoms with E-state index in [-0.39, 0.29) is 0 Å². The van der Waals surface area contributed by atoms with Crippen LogP contribution in [0.1, 0.15) is 20.8 Å². The lowest BCUT2D eigenvalue weighted by molar-refractivity contribution is -0.166. The summed E-state index contributed by atoms with van der Waals surface area (Å²) in [6.07, 6.45) is -1.06. The van der Waals surface area contributed by atoms with Crippen molar-refractivity contribution in [3.8, 4) is 5.75 Å². The molecule has 0 saturated heterocycles. The molecule has 0 heterocycles. The molecule has 7 heteroatoms. The standard InChI is InChI=1S/C19H19ClFNO4/c1-12(17(23)22-16-7-5-4-6-15(16)20)25-18(24)19(2,3)26-14-10-8-13(21)9-11-14/h4-12H,1-3H3,(H,22,23)/t12-/m1/s1. The Morgan fingerprint density at radius 2 is 1.73 bits per heavy atom. The molecule has 1 N–H and O–H groups in total. The van der Waals surface area contributed by atoms with E-state index in [0.717, 1.165) is 0 Å². The van der Waals surface area contributed by atoms with Gasteiger partial charge in [0.05, 0.1) is 10.7 Å². The Balaban J connectivity index is 1.97. The Bertz CT molecular complexity index is 792. The quantitative estimate of drug-likeness (QED) is 0.764. The molecule has 1 atom stereocenters. The van der Waals surface area contributed by atoms with Crippen LogP contribution in [0.2, 0.25) is 5.02 Å². The van der Waals surface area contributed by atoms with Crippen LogP contribution in [0.3, 0.4) is 0 Å². The highest BCUT2D eigenvalue weighted by molar-refractivity contribution is 6.33. The van der Waals surface area contributed by atoms with Crippen LogP contribution in [0.25, 0.3) is 0 Å². The van der Waals surface area contributed by atoms with Crippen LogP contribution in [-0.4, -0.2) is 23.6 Å². The molecule has 0 aliphatic carbocycles. The molecule has 0 saturated carbocycles. The summed E-state index contributed by atoms with van der Waals surface area (Å²) in [5, 5.41) is 2.97. The molecule has 2 aromatic rings. The number of halogens is 2. The van der Waals surface area contributed by atoms with E-state index in [4.69, 9.17) is 21.1 Å². The maximum absolute atomic E-state index is 12.9. The van der Waals surface area contributed by atoms with Crippen molar-refractivity contribution < 1.29 is 23.5 Å². The van der Waals surface area contributed by atoms with Crippen molar-refractivity contribution in [2.45, 2.75) is 32.5 Å². The second kappa shape index (κ2) is 8.19. The van der Waals surface area contributed by atoms with Crippen LogP contribution >= 0.6 is 11.6 Å². The summed E-state index contributed by atoms with van der Waals surface area (Å²) in [6, 6.07) is 12.0. The first kappa shape index (κ1) is 19.7. The summed E-state index contributed by atoms with van der Waals surface area (Å²) in [5.41, 5.74) is -0.944. The van der Waals surface area contributed by atoms with Gasteiger partial charge < -0.3 is 14.8 Å². The first-order valence-corrected chi connectivity index (χ1v) is 8.28. The number of esters is 1. The number of benzene rings is 2. The van der Waals surface area contributed by atoms with Gasteiger partial charge in [-0.05, 0) is 57.2 Å². The summed E-state index contributed by atoms with van der Waals surface area (Å²) >= 11 is 5.98. The molecule has 26 heavy (non-hydrogen) atoms. The van der Waals surface area contributed by atoms with E-state index in [1.165, 1.54) is 45.0 Å². The predicted octanol–water partition coefficient (Wildman–Crippen LogP) is 4.21. The van der Waals surface area contributed by atoms with Crippen molar-refractivity contribution >= 4 is 29.2 Å². The van der Waals surface area contributed by atoms with Gasteiger partial charge in [-0.3, -0.25) is 4.79 Å². The molecule has 138 valence electrons.